The molecule has 0 aliphatic heterocycles. The molecule has 1 saturated carbocycles. The SMILES string of the molecule is CC(C)(O)c1ccn2c(C(=O)NC3CCC(c4n[nH]c(=O)c5ccccc45)CC3)cnc2c1. The molecule has 3 heterocycles. The minimum atomic E-state index is -0.972. The maximum Gasteiger partial charge on any atom is 0.272 e. The molecule has 4 aromatic rings. The largest absolute Gasteiger partial charge is 0.386 e. The molecular weight excluding hydrogens is 418 g/mol. The van der Waals surface area contributed by atoms with Crippen LogP contribution in [0.5, 0.6) is 0 Å². The lowest BCUT2D eigenvalue weighted by Gasteiger charge is -2.29. The van der Waals surface area contributed by atoms with Crippen molar-refractivity contribution in [1.29, 1.82) is 0 Å². The van der Waals surface area contributed by atoms with Crippen molar-refractivity contribution >= 4 is 22.3 Å². The summed E-state index contributed by atoms with van der Waals surface area (Å²) in [7, 11) is 0. The highest BCUT2D eigenvalue weighted by molar-refractivity contribution is 5.93. The summed E-state index contributed by atoms with van der Waals surface area (Å²) >= 11 is 0. The lowest BCUT2D eigenvalue weighted by molar-refractivity contribution is 0.0786. The first-order chi connectivity index (χ1) is 15.8. The van der Waals surface area contributed by atoms with Gasteiger partial charge in [0.15, 0.2) is 0 Å². The van der Waals surface area contributed by atoms with Gasteiger partial charge in [-0.25, -0.2) is 10.1 Å². The van der Waals surface area contributed by atoms with Crippen molar-refractivity contribution in [3.8, 4) is 0 Å². The van der Waals surface area contributed by atoms with E-state index in [1.807, 2.05) is 24.3 Å². The second-order valence-corrected chi connectivity index (χ2v) is 9.35. The Morgan fingerprint density at radius 1 is 1.15 bits per heavy atom. The molecule has 0 radical (unpaired) electrons. The predicted octanol–water partition coefficient (Wildman–Crippen LogP) is 3.25. The van der Waals surface area contributed by atoms with Gasteiger partial charge in [0.1, 0.15) is 11.3 Å². The number of nitrogens with one attached hydrogen (secondary N) is 2. The molecule has 33 heavy (non-hydrogen) atoms. The molecular formula is C25H27N5O3. The number of amides is 1. The Kier molecular flexibility index (Phi) is 5.25. The van der Waals surface area contributed by atoms with Gasteiger partial charge in [0.05, 0.1) is 22.9 Å². The highest BCUT2D eigenvalue weighted by atomic mass is 16.3. The fraction of sp³-hybridized carbons (Fsp3) is 0.360. The third-order valence-corrected chi connectivity index (χ3v) is 6.63. The number of hydrogen-bond donors (Lipinski definition) is 3. The van der Waals surface area contributed by atoms with Crippen LogP contribution in [0, 0.1) is 0 Å². The van der Waals surface area contributed by atoms with Crippen molar-refractivity contribution in [3.05, 3.63) is 76.1 Å². The molecule has 1 fully saturated rings. The molecule has 170 valence electrons. The van der Waals surface area contributed by atoms with Crippen LogP contribution < -0.4 is 10.9 Å². The van der Waals surface area contributed by atoms with Crippen molar-refractivity contribution < 1.29 is 9.90 Å². The van der Waals surface area contributed by atoms with Gasteiger partial charge in [0.2, 0.25) is 0 Å². The van der Waals surface area contributed by atoms with Gasteiger partial charge in [-0.1, -0.05) is 18.2 Å². The van der Waals surface area contributed by atoms with Crippen molar-refractivity contribution in [2.75, 3.05) is 0 Å². The molecule has 0 bridgehead atoms. The van der Waals surface area contributed by atoms with Crippen molar-refractivity contribution in [1.82, 2.24) is 24.9 Å². The fourth-order valence-corrected chi connectivity index (χ4v) is 4.75. The maximum absolute atomic E-state index is 13.0. The number of H-pyrrole nitrogens is 1. The molecule has 0 unspecified atom stereocenters. The topological polar surface area (TPSA) is 112 Å². The van der Waals surface area contributed by atoms with Gasteiger partial charge < -0.3 is 10.4 Å². The van der Waals surface area contributed by atoms with Crippen LogP contribution in [-0.2, 0) is 5.60 Å². The molecule has 5 rings (SSSR count). The molecule has 0 saturated heterocycles. The van der Waals surface area contributed by atoms with Crippen LogP contribution in [0.2, 0.25) is 0 Å². The maximum atomic E-state index is 13.0. The van der Waals surface area contributed by atoms with Gasteiger partial charge in [-0.2, -0.15) is 5.10 Å². The number of fused-ring (bicyclic) bond motifs is 2. The molecule has 0 atom stereocenters. The number of pyridine rings is 1. The zero-order chi connectivity index (χ0) is 23.2. The summed E-state index contributed by atoms with van der Waals surface area (Å²) in [5.74, 6) is 0.0885. The Balaban J connectivity index is 1.28. The van der Waals surface area contributed by atoms with E-state index in [9.17, 15) is 14.7 Å². The first-order valence-electron chi connectivity index (χ1n) is 11.3. The molecule has 3 aromatic heterocycles. The minimum Gasteiger partial charge on any atom is -0.386 e. The number of carbonyl (C=O) groups is 1. The number of aliphatic hydroxyl groups is 1. The number of nitrogens with zero attached hydrogens (tertiary/aromatic N) is 3. The van der Waals surface area contributed by atoms with E-state index in [2.05, 4.69) is 20.5 Å². The number of carbonyl (C=O) groups excluding carboxylic acids is 1. The first kappa shape index (κ1) is 21.3. The smallest absolute Gasteiger partial charge is 0.272 e. The summed E-state index contributed by atoms with van der Waals surface area (Å²) in [6.07, 6.45) is 6.79. The van der Waals surface area contributed by atoms with Gasteiger partial charge in [-0.3, -0.25) is 14.0 Å². The molecule has 8 heteroatoms. The average Bonchev–Trinajstić information content (AvgIpc) is 3.23. The summed E-state index contributed by atoms with van der Waals surface area (Å²) in [4.78, 5) is 29.4. The van der Waals surface area contributed by atoms with Crippen molar-refractivity contribution in [2.24, 2.45) is 0 Å². The Morgan fingerprint density at radius 3 is 2.61 bits per heavy atom. The van der Waals surface area contributed by atoms with E-state index in [0.717, 1.165) is 42.3 Å². The average molecular weight is 446 g/mol. The highest BCUT2D eigenvalue weighted by Crippen LogP contribution is 2.34. The van der Waals surface area contributed by atoms with Gasteiger partial charge >= 0.3 is 0 Å². The monoisotopic (exact) mass is 445 g/mol. The van der Waals surface area contributed by atoms with E-state index in [0.29, 0.717) is 16.7 Å². The Bertz CT molecular complexity index is 1390. The lowest BCUT2D eigenvalue weighted by atomic mass is 9.82. The van der Waals surface area contributed by atoms with E-state index in [4.69, 9.17) is 0 Å². The van der Waals surface area contributed by atoms with E-state index >= 15 is 0 Å². The summed E-state index contributed by atoms with van der Waals surface area (Å²) < 4.78 is 1.74. The third kappa shape index (κ3) is 4.02. The van der Waals surface area contributed by atoms with Crippen LogP contribution in [0.25, 0.3) is 16.4 Å². The molecule has 0 spiro atoms. The van der Waals surface area contributed by atoms with Gasteiger partial charge in [0.25, 0.3) is 11.5 Å². The molecule has 1 aromatic carbocycles. The van der Waals surface area contributed by atoms with Crippen LogP contribution in [0.15, 0.2) is 53.6 Å². The summed E-state index contributed by atoms with van der Waals surface area (Å²) in [5.41, 5.74) is 1.63. The lowest BCUT2D eigenvalue weighted by Crippen LogP contribution is -2.38. The van der Waals surface area contributed by atoms with E-state index in [-0.39, 0.29) is 23.4 Å². The van der Waals surface area contributed by atoms with E-state index in [1.54, 1.807) is 42.8 Å². The van der Waals surface area contributed by atoms with Crippen LogP contribution in [0.4, 0.5) is 0 Å². The second-order valence-electron chi connectivity index (χ2n) is 9.35. The number of aromatic nitrogens is 4. The number of rotatable bonds is 4. The van der Waals surface area contributed by atoms with Gasteiger partial charge in [0, 0.05) is 23.5 Å². The van der Waals surface area contributed by atoms with Crippen LogP contribution in [0.1, 0.15) is 67.2 Å². The van der Waals surface area contributed by atoms with E-state index < -0.39 is 5.60 Å². The number of imidazole rings is 1. The Hall–Kier alpha value is -3.52. The zero-order valence-corrected chi connectivity index (χ0v) is 18.7. The second kappa shape index (κ2) is 8.12. The molecule has 1 aliphatic carbocycles. The quantitative estimate of drug-likeness (QED) is 0.446. The summed E-state index contributed by atoms with van der Waals surface area (Å²) in [5, 5.41) is 21.9. The predicted molar refractivity (Wildman–Crippen MR) is 125 cm³/mol. The fourth-order valence-electron chi connectivity index (χ4n) is 4.75. The van der Waals surface area contributed by atoms with Crippen LogP contribution >= 0.6 is 0 Å². The van der Waals surface area contributed by atoms with Crippen LogP contribution in [0.3, 0.4) is 0 Å². The zero-order valence-electron chi connectivity index (χ0n) is 18.7. The Labute approximate surface area is 190 Å². The summed E-state index contributed by atoms with van der Waals surface area (Å²) in [6.45, 7) is 3.44. The molecule has 1 aliphatic rings. The normalized spacial score (nSPS) is 19.1. The first-order valence-corrected chi connectivity index (χ1v) is 11.3. The minimum absolute atomic E-state index is 0.0731. The molecule has 3 N–H and O–H groups in total. The molecule has 1 amide bonds. The number of benzene rings is 1. The standard InChI is InChI=1S/C25H27N5O3/c1-25(2,33)16-11-12-30-20(14-26-21(30)13-16)24(32)27-17-9-7-15(8-10-17)22-18-5-3-4-6-19(18)23(31)29-28-22/h3-6,11-15,17,33H,7-10H2,1-2H3,(H,27,32)(H,29,31). The number of aromatic amines is 1. The third-order valence-electron chi connectivity index (χ3n) is 6.63. The van der Waals surface area contributed by atoms with Crippen molar-refractivity contribution in [3.63, 3.8) is 0 Å². The number of hydrogen-bond acceptors (Lipinski definition) is 5. The highest BCUT2D eigenvalue weighted by Gasteiger charge is 2.27. The van der Waals surface area contributed by atoms with Gasteiger partial charge in [-0.15, -0.1) is 0 Å². The van der Waals surface area contributed by atoms with Crippen molar-refractivity contribution in [2.45, 2.75) is 57.1 Å². The molecule has 8 nitrogen and oxygen atoms in total. The van der Waals surface area contributed by atoms with E-state index in [1.165, 1.54) is 0 Å². The Morgan fingerprint density at radius 2 is 1.88 bits per heavy atom. The van der Waals surface area contributed by atoms with Crippen LogP contribution in [-0.4, -0.2) is 36.6 Å². The van der Waals surface area contributed by atoms with Gasteiger partial charge in [-0.05, 0) is 63.3 Å². The summed E-state index contributed by atoms with van der Waals surface area (Å²) in [6, 6.07) is 11.2.